The summed E-state index contributed by atoms with van der Waals surface area (Å²) in [6.45, 7) is 9.36. The number of ether oxygens (including phenoxy) is 1. The Labute approximate surface area is 140 Å². The molecular weight excluding hydrogens is 288 g/mol. The van der Waals surface area contributed by atoms with Crippen LogP contribution in [0.1, 0.15) is 46.1 Å². The first-order valence-corrected chi connectivity index (χ1v) is 8.15. The first-order chi connectivity index (χ1) is 10.9. The molecular formula is C19H28N2O2. The molecule has 0 saturated carbocycles. The zero-order valence-corrected chi connectivity index (χ0v) is 14.9. The maximum absolute atomic E-state index is 11.9. The molecule has 0 spiro atoms. The molecule has 0 aromatic heterocycles. The van der Waals surface area contributed by atoms with Gasteiger partial charge in [0.05, 0.1) is 25.0 Å². The van der Waals surface area contributed by atoms with E-state index < -0.39 is 5.41 Å². The normalized spacial score (nSPS) is 13.9. The quantitative estimate of drug-likeness (QED) is 0.689. The highest BCUT2D eigenvalue weighted by Crippen LogP contribution is 2.32. The minimum Gasteiger partial charge on any atom is -0.469 e. The van der Waals surface area contributed by atoms with Crippen LogP contribution in [-0.2, 0) is 14.9 Å². The van der Waals surface area contributed by atoms with Gasteiger partial charge in [-0.25, -0.2) is 0 Å². The van der Waals surface area contributed by atoms with Gasteiger partial charge in [0, 0.05) is 18.6 Å². The van der Waals surface area contributed by atoms with Crippen molar-refractivity contribution in [1.82, 2.24) is 4.90 Å². The number of benzene rings is 1. The first kappa shape index (κ1) is 19.2. The van der Waals surface area contributed by atoms with E-state index in [1.807, 2.05) is 30.3 Å². The average Bonchev–Trinajstić information content (AvgIpc) is 2.53. The van der Waals surface area contributed by atoms with Crippen molar-refractivity contribution in [3.63, 3.8) is 0 Å². The summed E-state index contributed by atoms with van der Waals surface area (Å²) in [4.78, 5) is 14.2. The topological polar surface area (TPSA) is 53.3 Å². The third-order valence-corrected chi connectivity index (χ3v) is 4.34. The molecule has 1 aromatic rings. The molecule has 0 aliphatic carbocycles. The van der Waals surface area contributed by atoms with E-state index in [1.54, 1.807) is 0 Å². The van der Waals surface area contributed by atoms with Gasteiger partial charge in [-0.2, -0.15) is 5.26 Å². The summed E-state index contributed by atoms with van der Waals surface area (Å²) in [5.74, 6) is -0.351. The molecule has 1 atom stereocenters. The van der Waals surface area contributed by atoms with Crippen LogP contribution in [0.25, 0.3) is 0 Å². The predicted molar refractivity (Wildman–Crippen MR) is 92.0 cm³/mol. The number of nitriles is 1. The third kappa shape index (κ3) is 5.07. The van der Waals surface area contributed by atoms with Gasteiger partial charge in [0.15, 0.2) is 0 Å². The molecule has 4 heteroatoms. The molecule has 0 bridgehead atoms. The van der Waals surface area contributed by atoms with Crippen molar-refractivity contribution >= 4 is 5.97 Å². The van der Waals surface area contributed by atoms with Crippen molar-refractivity contribution in [2.24, 2.45) is 0 Å². The summed E-state index contributed by atoms with van der Waals surface area (Å²) in [5, 5.41) is 9.89. The minimum absolute atomic E-state index is 0.0774. The highest BCUT2D eigenvalue weighted by molar-refractivity contribution is 5.72. The van der Waals surface area contributed by atoms with Gasteiger partial charge in [-0.3, -0.25) is 9.69 Å². The average molecular weight is 316 g/mol. The highest BCUT2D eigenvalue weighted by Gasteiger charge is 2.36. The second kappa shape index (κ2) is 8.69. The number of carbonyl (C=O) groups is 1. The van der Waals surface area contributed by atoms with Crippen LogP contribution in [0, 0.1) is 11.3 Å². The first-order valence-electron chi connectivity index (χ1n) is 8.15. The number of esters is 1. The standard InChI is InChI=1S/C19H28N2O2/c1-15(2)21(16(3)4)12-11-19(14-20,13-18(22)23-5)17-9-7-6-8-10-17/h6-10,15-16H,11-13H2,1-5H3. The molecule has 0 radical (unpaired) electrons. The molecule has 1 unspecified atom stereocenters. The predicted octanol–water partition coefficient (Wildman–Crippen LogP) is 3.52. The largest absolute Gasteiger partial charge is 0.469 e. The Morgan fingerprint density at radius 1 is 1.22 bits per heavy atom. The Balaban J connectivity index is 3.09. The van der Waals surface area contributed by atoms with Crippen molar-refractivity contribution in [3.8, 4) is 6.07 Å². The van der Waals surface area contributed by atoms with Gasteiger partial charge in [0.2, 0.25) is 0 Å². The lowest BCUT2D eigenvalue weighted by Gasteiger charge is -2.34. The Morgan fingerprint density at radius 3 is 2.22 bits per heavy atom. The van der Waals surface area contributed by atoms with Crippen molar-refractivity contribution in [2.45, 2.75) is 58.0 Å². The summed E-state index contributed by atoms with van der Waals surface area (Å²) in [7, 11) is 1.37. The van der Waals surface area contributed by atoms with Crippen LogP contribution in [0.5, 0.6) is 0 Å². The summed E-state index contributed by atoms with van der Waals surface area (Å²) in [6, 6.07) is 12.7. The fourth-order valence-electron chi connectivity index (χ4n) is 3.00. The van der Waals surface area contributed by atoms with E-state index in [1.165, 1.54) is 7.11 Å². The van der Waals surface area contributed by atoms with E-state index in [0.717, 1.165) is 12.1 Å². The zero-order chi connectivity index (χ0) is 17.5. The minimum atomic E-state index is -0.851. The van der Waals surface area contributed by atoms with Crippen LogP contribution in [0.3, 0.4) is 0 Å². The molecule has 126 valence electrons. The summed E-state index contributed by atoms with van der Waals surface area (Å²) >= 11 is 0. The second-order valence-electron chi connectivity index (χ2n) is 6.49. The van der Waals surface area contributed by atoms with Crippen LogP contribution < -0.4 is 0 Å². The number of hydrogen-bond donors (Lipinski definition) is 0. The van der Waals surface area contributed by atoms with Gasteiger partial charge in [0.1, 0.15) is 0 Å². The Bertz CT molecular complexity index is 526. The lowest BCUT2D eigenvalue weighted by atomic mass is 9.76. The molecule has 0 N–H and O–H groups in total. The van der Waals surface area contributed by atoms with E-state index in [-0.39, 0.29) is 12.4 Å². The van der Waals surface area contributed by atoms with E-state index in [0.29, 0.717) is 18.5 Å². The van der Waals surface area contributed by atoms with Crippen LogP contribution in [0.2, 0.25) is 0 Å². The molecule has 0 heterocycles. The van der Waals surface area contributed by atoms with Gasteiger partial charge in [-0.15, -0.1) is 0 Å². The summed E-state index contributed by atoms with van der Waals surface area (Å²) in [5.41, 5.74) is 0.0245. The number of nitrogens with zero attached hydrogens (tertiary/aromatic N) is 2. The Kier molecular flexibility index (Phi) is 7.25. The monoisotopic (exact) mass is 316 g/mol. The van der Waals surface area contributed by atoms with Crippen molar-refractivity contribution in [1.29, 1.82) is 5.26 Å². The molecule has 1 aromatic carbocycles. The molecule has 4 nitrogen and oxygen atoms in total. The van der Waals surface area contributed by atoms with Crippen molar-refractivity contribution < 1.29 is 9.53 Å². The molecule has 23 heavy (non-hydrogen) atoms. The Morgan fingerprint density at radius 2 is 1.78 bits per heavy atom. The summed E-state index contributed by atoms with van der Waals surface area (Å²) < 4.78 is 4.83. The van der Waals surface area contributed by atoms with Crippen molar-refractivity contribution in [2.75, 3.05) is 13.7 Å². The highest BCUT2D eigenvalue weighted by atomic mass is 16.5. The Hall–Kier alpha value is -1.86. The number of rotatable bonds is 8. The molecule has 0 aliphatic heterocycles. The van der Waals surface area contributed by atoms with E-state index >= 15 is 0 Å². The maximum Gasteiger partial charge on any atom is 0.307 e. The van der Waals surface area contributed by atoms with Gasteiger partial charge in [0.25, 0.3) is 0 Å². The lowest BCUT2D eigenvalue weighted by Crippen LogP contribution is -2.41. The number of carbonyl (C=O) groups excluding carboxylic acids is 1. The van der Waals surface area contributed by atoms with E-state index in [4.69, 9.17) is 4.74 Å². The fraction of sp³-hybridized carbons (Fsp3) is 0.579. The number of methoxy groups -OCH3 is 1. The molecule has 0 aliphatic rings. The van der Waals surface area contributed by atoms with Crippen molar-refractivity contribution in [3.05, 3.63) is 35.9 Å². The number of hydrogen-bond acceptors (Lipinski definition) is 4. The van der Waals surface area contributed by atoms with Gasteiger partial charge in [-0.1, -0.05) is 30.3 Å². The van der Waals surface area contributed by atoms with Gasteiger partial charge < -0.3 is 4.74 Å². The second-order valence-corrected chi connectivity index (χ2v) is 6.49. The molecule has 0 saturated heterocycles. The smallest absolute Gasteiger partial charge is 0.307 e. The molecule has 0 amide bonds. The van der Waals surface area contributed by atoms with Crippen LogP contribution in [0.15, 0.2) is 30.3 Å². The van der Waals surface area contributed by atoms with Gasteiger partial charge >= 0.3 is 5.97 Å². The molecule has 0 fully saturated rings. The maximum atomic E-state index is 11.9. The van der Waals surface area contributed by atoms with Crippen LogP contribution >= 0.6 is 0 Å². The summed E-state index contributed by atoms with van der Waals surface area (Å²) in [6.07, 6.45) is 0.674. The fourth-order valence-corrected chi connectivity index (χ4v) is 3.00. The van der Waals surface area contributed by atoms with Crippen LogP contribution in [-0.4, -0.2) is 36.6 Å². The van der Waals surface area contributed by atoms with E-state index in [9.17, 15) is 10.1 Å². The van der Waals surface area contributed by atoms with E-state index in [2.05, 4.69) is 38.7 Å². The van der Waals surface area contributed by atoms with Gasteiger partial charge in [-0.05, 0) is 39.7 Å². The lowest BCUT2D eigenvalue weighted by molar-refractivity contribution is -0.141. The SMILES string of the molecule is COC(=O)CC(C#N)(CCN(C(C)C)C(C)C)c1ccccc1. The third-order valence-electron chi connectivity index (χ3n) is 4.34. The zero-order valence-electron chi connectivity index (χ0n) is 14.9. The van der Waals surface area contributed by atoms with Crippen LogP contribution in [0.4, 0.5) is 0 Å². The molecule has 1 rings (SSSR count).